The maximum atomic E-state index is 12.3. The lowest BCUT2D eigenvalue weighted by Gasteiger charge is -2.14. The first-order valence-electron chi connectivity index (χ1n) is 8.43. The highest BCUT2D eigenvalue weighted by Gasteiger charge is 2.22. The minimum atomic E-state index is -1.06. The number of nitro groups is 1. The first-order valence-corrected chi connectivity index (χ1v) is 8.80. The van der Waals surface area contributed by atoms with Crippen molar-refractivity contribution in [3.63, 3.8) is 0 Å². The number of esters is 1. The maximum absolute atomic E-state index is 12.3. The van der Waals surface area contributed by atoms with Gasteiger partial charge in [-0.2, -0.15) is 0 Å². The fraction of sp³-hybridized carbons (Fsp3) is 0.263. The van der Waals surface area contributed by atoms with Gasteiger partial charge in [0, 0.05) is 12.1 Å². The number of rotatable bonds is 5. The molecule has 3 rings (SSSR count). The average Bonchev–Trinajstić information content (AvgIpc) is 3.10. The van der Waals surface area contributed by atoms with Crippen LogP contribution < -0.4 is 5.32 Å². The molecular weight excluding hydrogens is 372 g/mol. The summed E-state index contributed by atoms with van der Waals surface area (Å²) in [5, 5.41) is 13.3. The fourth-order valence-corrected chi connectivity index (χ4v) is 3.16. The summed E-state index contributed by atoms with van der Waals surface area (Å²) in [6.07, 6.45) is 1.96. The van der Waals surface area contributed by atoms with Crippen LogP contribution in [-0.2, 0) is 22.4 Å². The number of fused-ring (bicyclic) bond motifs is 1. The van der Waals surface area contributed by atoms with Crippen LogP contribution >= 0.6 is 11.6 Å². The molecule has 27 heavy (non-hydrogen) atoms. The second-order valence-corrected chi connectivity index (χ2v) is 6.70. The number of halogens is 1. The monoisotopic (exact) mass is 388 g/mol. The van der Waals surface area contributed by atoms with Crippen LogP contribution in [0.15, 0.2) is 36.4 Å². The third-order valence-electron chi connectivity index (χ3n) is 4.41. The number of anilines is 1. The molecule has 1 N–H and O–H groups in total. The number of non-ortho nitro benzene ring substituents is 1. The van der Waals surface area contributed by atoms with Crippen molar-refractivity contribution in [3.05, 3.63) is 68.2 Å². The van der Waals surface area contributed by atoms with E-state index in [0.717, 1.165) is 30.9 Å². The molecule has 0 heterocycles. The van der Waals surface area contributed by atoms with E-state index in [1.165, 1.54) is 24.6 Å². The standard InChI is InChI=1S/C19H17ClN2O5/c1-11(18(23)21-17-8-7-15(22(25)26)10-16(17)20)27-19(24)14-6-5-12-3-2-4-13(12)9-14/h5-11H,2-4H2,1H3,(H,21,23). The quantitative estimate of drug-likeness (QED) is 0.475. The second kappa shape index (κ2) is 7.75. The number of carbonyl (C=O) groups is 2. The minimum Gasteiger partial charge on any atom is -0.449 e. The van der Waals surface area contributed by atoms with Gasteiger partial charge in [0.15, 0.2) is 6.10 Å². The van der Waals surface area contributed by atoms with Crippen molar-refractivity contribution in [2.75, 3.05) is 5.32 Å². The van der Waals surface area contributed by atoms with Crippen molar-refractivity contribution in [3.8, 4) is 0 Å². The molecule has 1 unspecified atom stereocenters. The molecule has 1 amide bonds. The number of nitrogens with one attached hydrogen (secondary N) is 1. The normalized spacial score (nSPS) is 13.6. The molecule has 1 atom stereocenters. The Balaban J connectivity index is 1.64. The average molecular weight is 389 g/mol. The van der Waals surface area contributed by atoms with Gasteiger partial charge >= 0.3 is 5.97 Å². The zero-order chi connectivity index (χ0) is 19.6. The van der Waals surface area contributed by atoms with E-state index in [9.17, 15) is 19.7 Å². The molecule has 0 aromatic heterocycles. The predicted octanol–water partition coefficient (Wildman–Crippen LogP) is 3.92. The number of benzene rings is 2. The molecule has 140 valence electrons. The van der Waals surface area contributed by atoms with Gasteiger partial charge < -0.3 is 10.1 Å². The maximum Gasteiger partial charge on any atom is 0.338 e. The highest BCUT2D eigenvalue weighted by molar-refractivity contribution is 6.34. The molecule has 0 fully saturated rings. The van der Waals surface area contributed by atoms with Crippen molar-refractivity contribution < 1.29 is 19.2 Å². The van der Waals surface area contributed by atoms with E-state index in [0.29, 0.717) is 5.56 Å². The molecule has 0 radical (unpaired) electrons. The van der Waals surface area contributed by atoms with Crippen LogP contribution in [0, 0.1) is 10.1 Å². The van der Waals surface area contributed by atoms with Crippen molar-refractivity contribution in [1.29, 1.82) is 0 Å². The Hall–Kier alpha value is -2.93. The van der Waals surface area contributed by atoms with Crippen molar-refractivity contribution >= 4 is 34.9 Å². The van der Waals surface area contributed by atoms with E-state index in [-0.39, 0.29) is 16.4 Å². The first kappa shape index (κ1) is 18.8. The third kappa shape index (κ3) is 4.25. The summed E-state index contributed by atoms with van der Waals surface area (Å²) in [5.41, 5.74) is 2.80. The van der Waals surface area contributed by atoms with Crippen LogP contribution in [0.3, 0.4) is 0 Å². The van der Waals surface area contributed by atoms with E-state index in [2.05, 4.69) is 5.32 Å². The van der Waals surface area contributed by atoms with Crippen molar-refractivity contribution in [2.24, 2.45) is 0 Å². The number of hydrogen-bond acceptors (Lipinski definition) is 5. The Morgan fingerprint density at radius 1 is 1.19 bits per heavy atom. The van der Waals surface area contributed by atoms with Crippen LogP contribution in [0.4, 0.5) is 11.4 Å². The van der Waals surface area contributed by atoms with Crippen LogP contribution in [0.25, 0.3) is 0 Å². The molecule has 2 aromatic carbocycles. The molecular formula is C19H17ClN2O5. The molecule has 7 nitrogen and oxygen atoms in total. The van der Waals surface area contributed by atoms with Gasteiger partial charge in [-0.15, -0.1) is 0 Å². The molecule has 1 aliphatic carbocycles. The number of nitrogens with zero attached hydrogens (tertiary/aromatic N) is 1. The smallest absolute Gasteiger partial charge is 0.338 e. The van der Waals surface area contributed by atoms with Gasteiger partial charge in [-0.25, -0.2) is 4.79 Å². The van der Waals surface area contributed by atoms with Gasteiger partial charge in [-0.05, 0) is 55.5 Å². The Kier molecular flexibility index (Phi) is 5.41. The summed E-state index contributed by atoms with van der Waals surface area (Å²) < 4.78 is 5.23. The minimum absolute atomic E-state index is 0.0229. The molecule has 8 heteroatoms. The molecule has 0 saturated carbocycles. The molecule has 2 aromatic rings. The number of amides is 1. The number of ether oxygens (including phenoxy) is 1. The summed E-state index contributed by atoms with van der Waals surface area (Å²) in [4.78, 5) is 34.7. The lowest BCUT2D eigenvalue weighted by atomic mass is 10.1. The van der Waals surface area contributed by atoms with Crippen LogP contribution in [0.2, 0.25) is 5.02 Å². The van der Waals surface area contributed by atoms with E-state index < -0.39 is 22.9 Å². The molecule has 0 spiro atoms. The molecule has 0 bridgehead atoms. The highest BCUT2D eigenvalue weighted by atomic mass is 35.5. The van der Waals surface area contributed by atoms with Gasteiger partial charge in [-0.3, -0.25) is 14.9 Å². The van der Waals surface area contributed by atoms with Crippen molar-refractivity contribution in [2.45, 2.75) is 32.3 Å². The van der Waals surface area contributed by atoms with Gasteiger partial charge in [-0.1, -0.05) is 17.7 Å². The SMILES string of the molecule is CC(OC(=O)c1ccc2c(c1)CCC2)C(=O)Nc1ccc([N+](=O)[O-])cc1Cl. The van der Waals surface area contributed by atoms with E-state index in [1.807, 2.05) is 12.1 Å². The lowest BCUT2D eigenvalue weighted by Crippen LogP contribution is -2.30. The van der Waals surface area contributed by atoms with Gasteiger partial charge in [0.1, 0.15) is 0 Å². The van der Waals surface area contributed by atoms with Gasteiger partial charge in [0.2, 0.25) is 0 Å². The Morgan fingerprint density at radius 3 is 2.63 bits per heavy atom. The summed E-state index contributed by atoms with van der Waals surface area (Å²) in [6, 6.07) is 9.11. The highest BCUT2D eigenvalue weighted by Crippen LogP contribution is 2.27. The largest absolute Gasteiger partial charge is 0.449 e. The molecule has 1 aliphatic rings. The zero-order valence-corrected chi connectivity index (χ0v) is 15.3. The Morgan fingerprint density at radius 2 is 1.93 bits per heavy atom. The number of carbonyl (C=O) groups excluding carboxylic acids is 2. The van der Waals surface area contributed by atoms with E-state index >= 15 is 0 Å². The van der Waals surface area contributed by atoms with Crippen LogP contribution in [0.1, 0.15) is 34.8 Å². The van der Waals surface area contributed by atoms with Crippen molar-refractivity contribution in [1.82, 2.24) is 0 Å². The number of hydrogen-bond donors (Lipinski definition) is 1. The van der Waals surface area contributed by atoms with Gasteiger partial charge in [0.05, 0.1) is 21.2 Å². The first-order chi connectivity index (χ1) is 12.8. The van der Waals surface area contributed by atoms with Gasteiger partial charge in [0.25, 0.3) is 11.6 Å². The van der Waals surface area contributed by atoms with Crippen LogP contribution in [-0.4, -0.2) is 22.9 Å². The number of aryl methyl sites for hydroxylation is 2. The lowest BCUT2D eigenvalue weighted by molar-refractivity contribution is -0.384. The molecule has 0 saturated heterocycles. The van der Waals surface area contributed by atoms with E-state index in [1.54, 1.807) is 6.07 Å². The topological polar surface area (TPSA) is 98.5 Å². The number of nitro benzene ring substituents is 1. The summed E-state index contributed by atoms with van der Waals surface area (Å²) in [5.74, 6) is -1.16. The Bertz CT molecular complexity index is 928. The third-order valence-corrected chi connectivity index (χ3v) is 4.72. The van der Waals surface area contributed by atoms with E-state index in [4.69, 9.17) is 16.3 Å². The predicted molar refractivity (Wildman–Crippen MR) is 100 cm³/mol. The summed E-state index contributed by atoms with van der Waals surface area (Å²) >= 11 is 5.95. The molecule has 0 aliphatic heterocycles. The summed E-state index contributed by atoms with van der Waals surface area (Å²) in [7, 11) is 0. The summed E-state index contributed by atoms with van der Waals surface area (Å²) in [6.45, 7) is 1.44. The fourth-order valence-electron chi connectivity index (χ4n) is 2.93. The van der Waals surface area contributed by atoms with Crippen LogP contribution in [0.5, 0.6) is 0 Å². The zero-order valence-electron chi connectivity index (χ0n) is 14.5. The second-order valence-electron chi connectivity index (χ2n) is 6.30. The Labute approximate surface area is 160 Å².